The van der Waals surface area contributed by atoms with E-state index in [1.54, 1.807) is 18.4 Å². The molecule has 0 aliphatic carbocycles. The van der Waals surface area contributed by atoms with Crippen molar-refractivity contribution in [2.75, 3.05) is 5.32 Å². The number of aryl methyl sites for hydroxylation is 1. The summed E-state index contributed by atoms with van der Waals surface area (Å²) in [6.45, 7) is 2.03. The fourth-order valence-corrected chi connectivity index (χ4v) is 2.12. The van der Waals surface area contributed by atoms with E-state index in [1.165, 1.54) is 0 Å². The maximum atomic E-state index is 12.2. The summed E-state index contributed by atoms with van der Waals surface area (Å²) in [6.07, 6.45) is 2.48. The Labute approximate surface area is 128 Å². The summed E-state index contributed by atoms with van der Waals surface area (Å²) in [7, 11) is 0. The molecule has 0 aliphatic rings. The molecule has 2 aromatic carbocycles. The van der Waals surface area contributed by atoms with Gasteiger partial charge in [0.05, 0.1) is 5.69 Å². The van der Waals surface area contributed by atoms with Crippen LogP contribution < -0.4 is 5.32 Å². The zero-order valence-corrected chi connectivity index (χ0v) is 12.2. The quantitative estimate of drug-likeness (QED) is 0.785. The van der Waals surface area contributed by atoms with Gasteiger partial charge in [-0.15, -0.1) is 0 Å². The number of rotatable bonds is 4. The zero-order chi connectivity index (χ0) is 15.4. The second-order valence-corrected chi connectivity index (χ2v) is 4.90. The Hall–Kier alpha value is -2.88. The van der Waals surface area contributed by atoms with E-state index in [0.29, 0.717) is 17.1 Å². The molecule has 110 valence electrons. The van der Waals surface area contributed by atoms with Crippen LogP contribution in [0.2, 0.25) is 0 Å². The van der Waals surface area contributed by atoms with Crippen molar-refractivity contribution in [2.24, 2.45) is 0 Å². The molecule has 0 fully saturated rings. The minimum atomic E-state index is -0.139. The lowest BCUT2D eigenvalue weighted by Crippen LogP contribution is -2.11. The van der Waals surface area contributed by atoms with Gasteiger partial charge in [0.1, 0.15) is 6.26 Å². The molecule has 0 aliphatic heterocycles. The number of aromatic nitrogens is 1. The number of carbonyl (C=O) groups is 1. The first kappa shape index (κ1) is 14.1. The van der Waals surface area contributed by atoms with Crippen molar-refractivity contribution in [3.05, 3.63) is 72.1 Å². The molecule has 0 saturated heterocycles. The van der Waals surface area contributed by atoms with Crippen LogP contribution in [0.25, 0.3) is 11.5 Å². The fraction of sp³-hybridized carbons (Fsp3) is 0.111. The lowest BCUT2D eigenvalue weighted by atomic mass is 10.1. The molecule has 3 aromatic rings. The van der Waals surface area contributed by atoms with Crippen molar-refractivity contribution in [3.8, 4) is 11.5 Å². The SMILES string of the molecule is CCc1coc(-c2cccc(NC(=O)c3ccccc3)c2)n1. The number of oxazole rings is 1. The number of nitrogens with zero attached hydrogens (tertiary/aromatic N) is 1. The van der Waals surface area contributed by atoms with Crippen molar-refractivity contribution in [2.45, 2.75) is 13.3 Å². The van der Waals surface area contributed by atoms with Crippen LogP contribution in [0.1, 0.15) is 23.0 Å². The van der Waals surface area contributed by atoms with E-state index in [1.807, 2.05) is 49.4 Å². The van der Waals surface area contributed by atoms with Crippen LogP contribution in [0, 0.1) is 0 Å². The molecular weight excluding hydrogens is 276 g/mol. The first-order valence-corrected chi connectivity index (χ1v) is 7.17. The van der Waals surface area contributed by atoms with Gasteiger partial charge >= 0.3 is 0 Å². The summed E-state index contributed by atoms with van der Waals surface area (Å²) >= 11 is 0. The van der Waals surface area contributed by atoms with Gasteiger partial charge in [0.15, 0.2) is 0 Å². The summed E-state index contributed by atoms with van der Waals surface area (Å²) in [4.78, 5) is 16.6. The second-order valence-electron chi connectivity index (χ2n) is 4.90. The number of hydrogen-bond acceptors (Lipinski definition) is 3. The summed E-state index contributed by atoms with van der Waals surface area (Å²) < 4.78 is 5.46. The molecule has 1 amide bonds. The largest absolute Gasteiger partial charge is 0.444 e. The van der Waals surface area contributed by atoms with Crippen LogP contribution in [-0.4, -0.2) is 10.9 Å². The van der Waals surface area contributed by atoms with Gasteiger partial charge in [-0.25, -0.2) is 4.98 Å². The number of amides is 1. The maximum absolute atomic E-state index is 12.2. The molecule has 4 nitrogen and oxygen atoms in total. The first-order chi connectivity index (χ1) is 10.8. The smallest absolute Gasteiger partial charge is 0.255 e. The highest BCUT2D eigenvalue weighted by molar-refractivity contribution is 6.04. The monoisotopic (exact) mass is 292 g/mol. The van der Waals surface area contributed by atoms with Gasteiger partial charge < -0.3 is 9.73 Å². The summed E-state index contributed by atoms with van der Waals surface area (Å²) in [5.74, 6) is 0.423. The van der Waals surface area contributed by atoms with Gasteiger partial charge in [-0.2, -0.15) is 0 Å². The van der Waals surface area contributed by atoms with E-state index in [-0.39, 0.29) is 5.91 Å². The van der Waals surface area contributed by atoms with E-state index in [9.17, 15) is 4.79 Å². The van der Waals surface area contributed by atoms with E-state index in [2.05, 4.69) is 10.3 Å². The summed E-state index contributed by atoms with van der Waals surface area (Å²) in [6, 6.07) is 16.6. The third kappa shape index (κ3) is 3.06. The average Bonchev–Trinajstić information content (AvgIpc) is 3.05. The third-order valence-corrected chi connectivity index (χ3v) is 3.32. The summed E-state index contributed by atoms with van der Waals surface area (Å²) in [5.41, 5.74) is 3.08. The molecule has 0 atom stereocenters. The highest BCUT2D eigenvalue weighted by Gasteiger charge is 2.09. The minimum Gasteiger partial charge on any atom is -0.444 e. The Balaban J connectivity index is 1.81. The van der Waals surface area contributed by atoms with Crippen molar-refractivity contribution in [3.63, 3.8) is 0 Å². The lowest BCUT2D eigenvalue weighted by molar-refractivity contribution is 0.102. The predicted molar refractivity (Wildman–Crippen MR) is 85.7 cm³/mol. The molecule has 0 radical (unpaired) electrons. The topological polar surface area (TPSA) is 55.1 Å². The van der Waals surface area contributed by atoms with Crippen LogP contribution in [-0.2, 0) is 6.42 Å². The standard InChI is InChI=1S/C18H16N2O2/c1-2-15-12-22-18(20-15)14-9-6-10-16(11-14)19-17(21)13-7-4-3-5-8-13/h3-12H,2H2,1H3,(H,19,21). The van der Waals surface area contributed by atoms with Gasteiger partial charge in [-0.1, -0.05) is 31.2 Å². The Kier molecular flexibility index (Phi) is 4.01. The molecule has 1 heterocycles. The Morgan fingerprint density at radius 3 is 2.68 bits per heavy atom. The lowest BCUT2D eigenvalue weighted by Gasteiger charge is -2.06. The van der Waals surface area contributed by atoms with Gasteiger partial charge in [0, 0.05) is 16.8 Å². The van der Waals surface area contributed by atoms with Gasteiger partial charge in [0.2, 0.25) is 5.89 Å². The number of anilines is 1. The van der Waals surface area contributed by atoms with Crippen molar-refractivity contribution >= 4 is 11.6 Å². The van der Waals surface area contributed by atoms with Crippen molar-refractivity contribution in [1.29, 1.82) is 0 Å². The molecule has 1 aromatic heterocycles. The van der Waals surface area contributed by atoms with Crippen LogP contribution in [0.3, 0.4) is 0 Å². The summed E-state index contributed by atoms with van der Waals surface area (Å²) in [5, 5.41) is 2.88. The molecule has 22 heavy (non-hydrogen) atoms. The maximum Gasteiger partial charge on any atom is 0.255 e. The molecule has 3 rings (SSSR count). The second kappa shape index (κ2) is 6.26. The van der Waals surface area contributed by atoms with Gasteiger partial charge in [-0.05, 0) is 36.8 Å². The predicted octanol–water partition coefficient (Wildman–Crippen LogP) is 4.16. The zero-order valence-electron chi connectivity index (χ0n) is 12.2. The normalized spacial score (nSPS) is 10.4. The number of nitrogens with one attached hydrogen (secondary N) is 1. The van der Waals surface area contributed by atoms with Crippen LogP contribution >= 0.6 is 0 Å². The molecule has 0 spiro atoms. The highest BCUT2D eigenvalue weighted by Crippen LogP contribution is 2.22. The van der Waals surface area contributed by atoms with Crippen LogP contribution in [0.15, 0.2) is 65.3 Å². The number of benzene rings is 2. The fourth-order valence-electron chi connectivity index (χ4n) is 2.12. The van der Waals surface area contributed by atoms with Gasteiger partial charge in [0.25, 0.3) is 5.91 Å². The van der Waals surface area contributed by atoms with Gasteiger partial charge in [-0.3, -0.25) is 4.79 Å². The Morgan fingerprint density at radius 1 is 1.14 bits per heavy atom. The Morgan fingerprint density at radius 2 is 1.95 bits per heavy atom. The molecular formula is C18H16N2O2. The Bertz CT molecular complexity index is 779. The molecule has 1 N–H and O–H groups in total. The minimum absolute atomic E-state index is 0.139. The van der Waals surface area contributed by atoms with Crippen LogP contribution in [0.5, 0.6) is 0 Å². The van der Waals surface area contributed by atoms with Crippen molar-refractivity contribution in [1.82, 2.24) is 4.98 Å². The third-order valence-electron chi connectivity index (χ3n) is 3.32. The van der Waals surface area contributed by atoms with E-state index in [0.717, 1.165) is 17.7 Å². The van der Waals surface area contributed by atoms with E-state index < -0.39 is 0 Å². The highest BCUT2D eigenvalue weighted by atomic mass is 16.3. The van der Waals surface area contributed by atoms with Crippen LogP contribution in [0.4, 0.5) is 5.69 Å². The van der Waals surface area contributed by atoms with Crippen molar-refractivity contribution < 1.29 is 9.21 Å². The molecule has 0 unspecified atom stereocenters. The molecule has 0 bridgehead atoms. The average molecular weight is 292 g/mol. The molecule has 0 saturated carbocycles. The first-order valence-electron chi connectivity index (χ1n) is 7.17. The van der Waals surface area contributed by atoms with E-state index >= 15 is 0 Å². The number of hydrogen-bond donors (Lipinski definition) is 1. The van der Waals surface area contributed by atoms with E-state index in [4.69, 9.17) is 4.42 Å². The number of carbonyl (C=O) groups excluding carboxylic acids is 1. The molecule has 4 heteroatoms.